The number of amides is 1. The van der Waals surface area contributed by atoms with Crippen LogP contribution in [0.4, 0.5) is 5.69 Å². The van der Waals surface area contributed by atoms with E-state index in [4.69, 9.17) is 0 Å². The van der Waals surface area contributed by atoms with Crippen LogP contribution in [0.25, 0.3) is 0 Å². The summed E-state index contributed by atoms with van der Waals surface area (Å²) in [7, 11) is 0. The largest absolute Gasteiger partial charge is 0.389 e. The van der Waals surface area contributed by atoms with Crippen molar-refractivity contribution in [1.82, 2.24) is 4.90 Å². The van der Waals surface area contributed by atoms with E-state index in [1.165, 1.54) is 11.1 Å². The normalized spacial score (nSPS) is 20.0. The molecule has 1 heterocycles. The number of hydrogen-bond donors (Lipinski definition) is 2. The predicted octanol–water partition coefficient (Wildman–Crippen LogP) is 2.65. The average molecular weight is 334 g/mol. The Hall–Kier alpha value is -1.04. The lowest BCUT2D eigenvalue weighted by atomic mass is 9.96. The highest BCUT2D eigenvalue weighted by atomic mass is 32.2. The number of benzene rings is 1. The lowest BCUT2D eigenvalue weighted by Crippen LogP contribution is -2.41. The Kier molecular flexibility index (Phi) is 4.47. The van der Waals surface area contributed by atoms with E-state index in [1.807, 2.05) is 32.2 Å². The minimum atomic E-state index is -0.681. The number of nitrogens with one attached hydrogen (secondary N) is 1. The summed E-state index contributed by atoms with van der Waals surface area (Å²) in [5.74, 6) is 0.150. The van der Waals surface area contributed by atoms with E-state index in [0.717, 1.165) is 38.0 Å². The Morgan fingerprint density at radius 3 is 2.78 bits per heavy atom. The molecule has 1 fully saturated rings. The van der Waals surface area contributed by atoms with E-state index in [0.29, 0.717) is 6.54 Å². The topological polar surface area (TPSA) is 52.6 Å². The number of carbonyl (C=O) groups is 1. The van der Waals surface area contributed by atoms with Crippen LogP contribution in [-0.4, -0.2) is 45.6 Å². The van der Waals surface area contributed by atoms with E-state index >= 15 is 0 Å². The first kappa shape index (κ1) is 16.8. The van der Waals surface area contributed by atoms with Gasteiger partial charge in [0.1, 0.15) is 0 Å². The highest BCUT2D eigenvalue weighted by molar-refractivity contribution is 8.01. The average Bonchev–Trinajstić information content (AvgIpc) is 3.26. The number of carbonyl (C=O) groups excluding carboxylic acids is 1. The fourth-order valence-corrected chi connectivity index (χ4v) is 4.09. The van der Waals surface area contributed by atoms with E-state index in [9.17, 15) is 9.90 Å². The van der Waals surface area contributed by atoms with Crippen LogP contribution in [0.15, 0.2) is 18.2 Å². The predicted molar refractivity (Wildman–Crippen MR) is 95.8 cm³/mol. The molecule has 0 spiro atoms. The minimum Gasteiger partial charge on any atom is -0.389 e. The Morgan fingerprint density at radius 2 is 2.17 bits per heavy atom. The first-order valence-corrected chi connectivity index (χ1v) is 9.48. The summed E-state index contributed by atoms with van der Waals surface area (Å²) in [4.78, 5) is 14.8. The van der Waals surface area contributed by atoms with Crippen LogP contribution in [0.5, 0.6) is 0 Å². The van der Waals surface area contributed by atoms with Gasteiger partial charge in [0, 0.05) is 25.3 Å². The summed E-state index contributed by atoms with van der Waals surface area (Å²) in [6, 6.07) is 6.16. The standard InChI is InChI=1S/C18H26N2O2S/c1-17(2,22)12-20-10-7-14-13(11-20)5-4-6-15(14)19-16(21)18(23-3)8-9-18/h4-6,22H,7-12H2,1-3H3,(H,19,21). The van der Waals surface area contributed by atoms with Gasteiger partial charge in [-0.25, -0.2) is 0 Å². The van der Waals surface area contributed by atoms with Crippen LogP contribution in [0, 0.1) is 0 Å². The molecule has 5 heteroatoms. The molecule has 1 aromatic rings. The maximum atomic E-state index is 12.5. The molecule has 1 aliphatic heterocycles. The van der Waals surface area contributed by atoms with Crippen LogP contribution in [0.1, 0.15) is 37.8 Å². The number of hydrogen-bond acceptors (Lipinski definition) is 4. The van der Waals surface area contributed by atoms with Crippen molar-refractivity contribution in [2.24, 2.45) is 0 Å². The lowest BCUT2D eigenvalue weighted by Gasteiger charge is -2.34. The zero-order valence-corrected chi connectivity index (χ0v) is 15.0. The maximum absolute atomic E-state index is 12.5. The molecule has 126 valence electrons. The van der Waals surface area contributed by atoms with Gasteiger partial charge >= 0.3 is 0 Å². The number of thioether (sulfide) groups is 1. The van der Waals surface area contributed by atoms with Gasteiger partial charge < -0.3 is 10.4 Å². The zero-order valence-electron chi connectivity index (χ0n) is 14.2. The van der Waals surface area contributed by atoms with Gasteiger partial charge in [-0.05, 0) is 56.6 Å². The minimum absolute atomic E-state index is 0.150. The highest BCUT2D eigenvalue weighted by Crippen LogP contribution is 2.48. The van der Waals surface area contributed by atoms with Crippen LogP contribution in [-0.2, 0) is 17.8 Å². The quantitative estimate of drug-likeness (QED) is 0.869. The van der Waals surface area contributed by atoms with Crippen molar-refractivity contribution in [2.75, 3.05) is 24.7 Å². The molecule has 23 heavy (non-hydrogen) atoms. The van der Waals surface area contributed by atoms with E-state index in [1.54, 1.807) is 11.8 Å². The molecule has 0 aromatic heterocycles. The second-order valence-electron chi connectivity index (χ2n) is 7.37. The first-order valence-electron chi connectivity index (χ1n) is 8.25. The van der Waals surface area contributed by atoms with Crippen LogP contribution < -0.4 is 5.32 Å². The fraction of sp³-hybridized carbons (Fsp3) is 0.611. The van der Waals surface area contributed by atoms with Gasteiger partial charge in [0.2, 0.25) is 5.91 Å². The van der Waals surface area contributed by atoms with E-state index in [-0.39, 0.29) is 10.7 Å². The number of anilines is 1. The number of nitrogens with zero attached hydrogens (tertiary/aromatic N) is 1. The molecule has 0 bridgehead atoms. The van der Waals surface area contributed by atoms with Crippen molar-refractivity contribution in [1.29, 1.82) is 0 Å². The van der Waals surface area contributed by atoms with Crippen LogP contribution >= 0.6 is 11.8 Å². The van der Waals surface area contributed by atoms with Crippen molar-refractivity contribution >= 4 is 23.4 Å². The monoisotopic (exact) mass is 334 g/mol. The summed E-state index contributed by atoms with van der Waals surface area (Å²) >= 11 is 1.66. The van der Waals surface area contributed by atoms with Gasteiger partial charge in [-0.2, -0.15) is 0 Å². The summed E-state index contributed by atoms with van der Waals surface area (Å²) < 4.78 is -0.190. The Morgan fingerprint density at radius 1 is 1.43 bits per heavy atom. The van der Waals surface area contributed by atoms with Crippen molar-refractivity contribution < 1.29 is 9.90 Å². The molecule has 4 nitrogen and oxygen atoms in total. The molecular formula is C18H26N2O2S. The number of rotatable bonds is 5. The van der Waals surface area contributed by atoms with E-state index in [2.05, 4.69) is 16.3 Å². The summed E-state index contributed by atoms with van der Waals surface area (Å²) in [6.07, 6.45) is 4.89. The summed E-state index contributed by atoms with van der Waals surface area (Å²) in [5, 5.41) is 13.2. The zero-order chi connectivity index (χ0) is 16.7. The van der Waals surface area contributed by atoms with Crippen LogP contribution in [0.2, 0.25) is 0 Å². The molecule has 0 atom stereocenters. The Bertz CT molecular complexity index is 606. The van der Waals surface area contributed by atoms with Gasteiger partial charge in [0.15, 0.2) is 0 Å². The molecule has 1 aromatic carbocycles. The second kappa shape index (κ2) is 6.11. The molecule has 1 saturated carbocycles. The summed E-state index contributed by atoms with van der Waals surface area (Å²) in [5.41, 5.74) is 2.80. The lowest BCUT2D eigenvalue weighted by molar-refractivity contribution is -0.116. The van der Waals surface area contributed by atoms with Gasteiger partial charge in [0.05, 0.1) is 10.3 Å². The SMILES string of the molecule is CSC1(C(=O)Nc2cccc3c2CCN(CC(C)(C)O)C3)CC1. The number of β-amino-alcohol motifs (C(OH)–C–C–N with tert-alkyl or cyclic N) is 1. The Balaban J connectivity index is 1.73. The van der Waals surface area contributed by atoms with Crippen molar-refractivity contribution in [2.45, 2.75) is 50.0 Å². The third-order valence-electron chi connectivity index (χ3n) is 4.71. The smallest absolute Gasteiger partial charge is 0.240 e. The van der Waals surface area contributed by atoms with Gasteiger partial charge in [-0.15, -0.1) is 11.8 Å². The molecule has 2 N–H and O–H groups in total. The van der Waals surface area contributed by atoms with E-state index < -0.39 is 5.60 Å². The van der Waals surface area contributed by atoms with Gasteiger partial charge in [-0.1, -0.05) is 12.1 Å². The summed E-state index contributed by atoms with van der Waals surface area (Å²) in [6.45, 7) is 6.10. The first-order chi connectivity index (χ1) is 10.8. The second-order valence-corrected chi connectivity index (χ2v) is 8.56. The molecule has 0 radical (unpaired) electrons. The highest BCUT2D eigenvalue weighted by Gasteiger charge is 2.49. The Labute approximate surface area is 142 Å². The molecule has 1 aliphatic carbocycles. The van der Waals surface area contributed by atoms with Crippen molar-refractivity contribution in [3.8, 4) is 0 Å². The molecular weight excluding hydrogens is 308 g/mol. The van der Waals surface area contributed by atoms with Crippen molar-refractivity contribution in [3.63, 3.8) is 0 Å². The molecule has 0 saturated heterocycles. The van der Waals surface area contributed by atoms with Gasteiger partial charge in [-0.3, -0.25) is 9.69 Å². The third kappa shape index (κ3) is 3.73. The fourth-order valence-electron chi connectivity index (χ4n) is 3.34. The molecule has 3 rings (SSSR count). The molecule has 0 unspecified atom stereocenters. The van der Waals surface area contributed by atoms with Crippen molar-refractivity contribution in [3.05, 3.63) is 29.3 Å². The molecule has 2 aliphatic rings. The number of aliphatic hydroxyl groups is 1. The third-order valence-corrected chi connectivity index (χ3v) is 6.09. The number of fused-ring (bicyclic) bond motifs is 1. The van der Waals surface area contributed by atoms with Gasteiger partial charge in [0.25, 0.3) is 0 Å². The maximum Gasteiger partial charge on any atom is 0.240 e. The van der Waals surface area contributed by atoms with Crippen LogP contribution in [0.3, 0.4) is 0 Å². The molecule has 1 amide bonds.